The highest BCUT2D eigenvalue weighted by molar-refractivity contribution is 7.47. The highest BCUT2D eigenvalue weighted by atomic mass is 31.2. The summed E-state index contributed by atoms with van der Waals surface area (Å²) in [5, 5.41) is 10.5. The van der Waals surface area contributed by atoms with Crippen LogP contribution in [0.2, 0.25) is 0 Å². The number of carbonyl (C=O) groups is 4. The van der Waals surface area contributed by atoms with Crippen LogP contribution in [0.5, 0.6) is 0 Å². The molecular weight excluding hydrogens is 1140 g/mol. The molecule has 0 saturated heterocycles. The summed E-state index contributed by atoms with van der Waals surface area (Å²) in [6.45, 7) is 13.9. The lowest BCUT2D eigenvalue weighted by molar-refractivity contribution is -0.161. The van der Waals surface area contributed by atoms with Crippen LogP contribution in [0.4, 0.5) is 0 Å². The van der Waals surface area contributed by atoms with Gasteiger partial charge in [0.2, 0.25) is 0 Å². The molecule has 0 bridgehead atoms. The Balaban J connectivity index is 5.18. The zero-order valence-corrected chi connectivity index (χ0v) is 57.7. The lowest BCUT2D eigenvalue weighted by atomic mass is 10.0. The van der Waals surface area contributed by atoms with E-state index in [1.807, 2.05) is 0 Å². The molecular formula is C67H130O17P2. The van der Waals surface area contributed by atoms with Gasteiger partial charge in [-0.25, -0.2) is 9.13 Å². The molecule has 510 valence electrons. The van der Waals surface area contributed by atoms with Gasteiger partial charge in [0.25, 0.3) is 0 Å². The minimum atomic E-state index is -4.95. The van der Waals surface area contributed by atoms with Gasteiger partial charge >= 0.3 is 39.5 Å². The van der Waals surface area contributed by atoms with Gasteiger partial charge in [0.1, 0.15) is 19.3 Å². The Kier molecular flexibility index (Phi) is 55.7. The topological polar surface area (TPSA) is 237 Å². The standard InChI is InChI=1S/C67H130O17P2/c1-57(2)43-35-27-19-15-13-11-9-10-12-14-16-22-31-39-47-64(69)77-53-62(83-66(71)49-41-33-24-18-21-29-37-45-59(5)6)55-81-85(73,74)79-51-61(68)52-80-86(75,76)82-56-63(84-67(72)50-42-34-26-25-30-38-46-60(7)8)54-78-65(70)48-40-32-23-17-20-28-36-44-58(3)4/h57-63,68H,9-56H2,1-8H3,(H,73,74)(H,75,76)/t61?,62-,63-/m1/s1. The first-order valence-corrected chi connectivity index (χ1v) is 37.7. The smallest absolute Gasteiger partial charge is 0.462 e. The van der Waals surface area contributed by atoms with Gasteiger partial charge < -0.3 is 33.8 Å². The van der Waals surface area contributed by atoms with E-state index in [0.29, 0.717) is 43.4 Å². The van der Waals surface area contributed by atoms with E-state index in [-0.39, 0.29) is 25.7 Å². The van der Waals surface area contributed by atoms with Gasteiger partial charge in [-0.1, -0.05) is 274 Å². The molecule has 0 saturated carbocycles. The predicted molar refractivity (Wildman–Crippen MR) is 344 cm³/mol. The molecule has 3 N–H and O–H groups in total. The molecule has 17 nitrogen and oxygen atoms in total. The van der Waals surface area contributed by atoms with Crippen LogP contribution < -0.4 is 0 Å². The number of hydrogen-bond acceptors (Lipinski definition) is 15. The van der Waals surface area contributed by atoms with Crippen molar-refractivity contribution in [1.82, 2.24) is 0 Å². The van der Waals surface area contributed by atoms with Gasteiger partial charge in [-0.2, -0.15) is 0 Å². The first-order valence-electron chi connectivity index (χ1n) is 34.7. The molecule has 0 aliphatic rings. The molecule has 0 spiro atoms. The van der Waals surface area contributed by atoms with Crippen LogP contribution in [0, 0.1) is 23.7 Å². The van der Waals surface area contributed by atoms with E-state index in [2.05, 4.69) is 55.4 Å². The number of carbonyl (C=O) groups excluding carboxylic acids is 4. The average molecular weight is 1270 g/mol. The highest BCUT2D eigenvalue weighted by Crippen LogP contribution is 2.45. The second kappa shape index (κ2) is 57.0. The van der Waals surface area contributed by atoms with Crippen molar-refractivity contribution in [2.45, 2.75) is 343 Å². The summed E-state index contributed by atoms with van der Waals surface area (Å²) in [4.78, 5) is 72.3. The number of phosphoric acid groups is 2. The van der Waals surface area contributed by atoms with Crippen molar-refractivity contribution < 1.29 is 80.2 Å². The summed E-state index contributed by atoms with van der Waals surface area (Å²) in [7, 11) is -9.89. The molecule has 3 unspecified atom stereocenters. The number of unbranched alkanes of at least 4 members (excludes halogenated alkanes) is 30. The number of aliphatic hydroxyl groups is 1. The number of phosphoric ester groups is 2. The first-order chi connectivity index (χ1) is 41.1. The first kappa shape index (κ1) is 84.1. The Morgan fingerprint density at radius 2 is 0.488 bits per heavy atom. The van der Waals surface area contributed by atoms with Crippen LogP contribution in [-0.4, -0.2) is 96.7 Å². The second-order valence-electron chi connectivity index (χ2n) is 26.1. The van der Waals surface area contributed by atoms with E-state index in [4.69, 9.17) is 37.0 Å². The third-order valence-corrected chi connectivity index (χ3v) is 17.2. The Morgan fingerprint density at radius 1 is 0.291 bits per heavy atom. The largest absolute Gasteiger partial charge is 0.472 e. The lowest BCUT2D eigenvalue weighted by Crippen LogP contribution is -2.30. The fourth-order valence-electron chi connectivity index (χ4n) is 9.96. The van der Waals surface area contributed by atoms with Crippen LogP contribution in [0.3, 0.4) is 0 Å². The number of hydrogen-bond donors (Lipinski definition) is 3. The quantitative estimate of drug-likeness (QED) is 0.0222. The normalized spacial score (nSPS) is 14.4. The zero-order chi connectivity index (χ0) is 63.9. The zero-order valence-electron chi connectivity index (χ0n) is 55.9. The maximum absolute atomic E-state index is 13.0. The van der Waals surface area contributed by atoms with E-state index in [9.17, 15) is 43.2 Å². The molecule has 0 rings (SSSR count). The third-order valence-electron chi connectivity index (χ3n) is 15.3. The van der Waals surface area contributed by atoms with Crippen molar-refractivity contribution in [2.24, 2.45) is 23.7 Å². The van der Waals surface area contributed by atoms with Crippen LogP contribution in [0.15, 0.2) is 0 Å². The number of esters is 4. The molecule has 5 atom stereocenters. The number of rotatable bonds is 64. The fraction of sp³-hybridized carbons (Fsp3) is 0.940. The molecule has 0 aromatic rings. The Hall–Kier alpha value is -1.94. The van der Waals surface area contributed by atoms with Crippen molar-refractivity contribution in [3.8, 4) is 0 Å². The number of aliphatic hydroxyl groups excluding tert-OH is 1. The minimum absolute atomic E-state index is 0.101. The molecule has 0 amide bonds. The summed E-state index contributed by atoms with van der Waals surface area (Å²) < 4.78 is 68.0. The summed E-state index contributed by atoms with van der Waals surface area (Å²) >= 11 is 0. The summed E-state index contributed by atoms with van der Waals surface area (Å²) in [5.74, 6) is 0.729. The Bertz CT molecular complexity index is 1710. The third kappa shape index (κ3) is 60.9. The van der Waals surface area contributed by atoms with Crippen molar-refractivity contribution in [3.05, 3.63) is 0 Å². The van der Waals surface area contributed by atoms with E-state index >= 15 is 0 Å². The summed E-state index contributed by atoms with van der Waals surface area (Å²) in [6, 6.07) is 0. The van der Waals surface area contributed by atoms with E-state index < -0.39 is 97.5 Å². The molecule has 0 aliphatic heterocycles. The Morgan fingerprint density at radius 3 is 0.721 bits per heavy atom. The van der Waals surface area contributed by atoms with Gasteiger partial charge in [-0.15, -0.1) is 0 Å². The Labute approximate surface area is 524 Å². The van der Waals surface area contributed by atoms with Gasteiger partial charge in [0.15, 0.2) is 12.2 Å². The SMILES string of the molecule is CC(C)CCCCCCCCCCCCCCCCC(=O)OC[C@H](COP(=O)(O)OCC(O)COP(=O)(O)OC[C@@H](COC(=O)CCCCCCCCCC(C)C)OC(=O)CCCCCCCCC(C)C)OC(=O)CCCCCCCCCC(C)C. The number of ether oxygens (including phenoxy) is 4. The average Bonchev–Trinajstić information content (AvgIpc) is 3.64. The molecule has 0 fully saturated rings. The summed E-state index contributed by atoms with van der Waals surface area (Å²) in [5.41, 5.74) is 0. The molecule has 19 heteroatoms. The van der Waals surface area contributed by atoms with Crippen LogP contribution >= 0.6 is 15.6 Å². The van der Waals surface area contributed by atoms with Crippen molar-refractivity contribution in [1.29, 1.82) is 0 Å². The molecule has 0 heterocycles. The minimum Gasteiger partial charge on any atom is -0.462 e. The second-order valence-corrected chi connectivity index (χ2v) is 29.0. The highest BCUT2D eigenvalue weighted by Gasteiger charge is 2.30. The molecule has 0 aromatic carbocycles. The molecule has 0 aromatic heterocycles. The molecule has 0 radical (unpaired) electrons. The van der Waals surface area contributed by atoms with E-state index in [1.54, 1.807) is 0 Å². The molecule has 86 heavy (non-hydrogen) atoms. The van der Waals surface area contributed by atoms with Crippen molar-refractivity contribution in [2.75, 3.05) is 39.6 Å². The monoisotopic (exact) mass is 1270 g/mol. The maximum atomic E-state index is 13.0. The predicted octanol–water partition coefficient (Wildman–Crippen LogP) is 18.5. The summed E-state index contributed by atoms with van der Waals surface area (Å²) in [6.07, 6.45) is 38.0. The van der Waals surface area contributed by atoms with E-state index in [0.717, 1.165) is 102 Å². The molecule has 0 aliphatic carbocycles. The fourth-order valence-corrected chi connectivity index (χ4v) is 11.5. The van der Waals surface area contributed by atoms with Gasteiger partial charge in [-0.3, -0.25) is 37.3 Å². The van der Waals surface area contributed by atoms with Gasteiger partial charge in [0, 0.05) is 25.7 Å². The lowest BCUT2D eigenvalue weighted by Gasteiger charge is -2.21. The van der Waals surface area contributed by atoms with Crippen LogP contribution in [0.25, 0.3) is 0 Å². The van der Waals surface area contributed by atoms with Gasteiger partial charge in [0.05, 0.1) is 26.4 Å². The van der Waals surface area contributed by atoms with Crippen molar-refractivity contribution >= 4 is 39.5 Å². The van der Waals surface area contributed by atoms with Crippen LogP contribution in [-0.2, 0) is 65.4 Å². The van der Waals surface area contributed by atoms with Gasteiger partial charge in [-0.05, 0) is 49.4 Å². The van der Waals surface area contributed by atoms with Crippen molar-refractivity contribution in [3.63, 3.8) is 0 Å². The van der Waals surface area contributed by atoms with E-state index in [1.165, 1.54) is 122 Å². The van der Waals surface area contributed by atoms with Crippen LogP contribution in [0.1, 0.15) is 325 Å². The maximum Gasteiger partial charge on any atom is 0.472 e.